The quantitative estimate of drug-likeness (QED) is 0.191. The second kappa shape index (κ2) is 11.1. The minimum Gasteiger partial charge on any atom is -0.236 e. The van der Waals surface area contributed by atoms with Gasteiger partial charge in [0, 0.05) is 42.4 Å². The van der Waals surface area contributed by atoms with Gasteiger partial charge in [-0.1, -0.05) is 115 Å². The van der Waals surface area contributed by atoms with Crippen LogP contribution in [-0.4, -0.2) is 15.0 Å². The number of rotatable bonds is 5. The normalized spacial score (nSPS) is 11.5. The fourth-order valence-electron chi connectivity index (χ4n) is 6.08. The molecule has 0 aliphatic rings. The summed E-state index contributed by atoms with van der Waals surface area (Å²) in [6.07, 6.45) is 0. The van der Waals surface area contributed by atoms with Gasteiger partial charge in [0.2, 0.25) is 0 Å². The molecule has 0 saturated heterocycles. The Morgan fingerprint density at radius 1 is 0.391 bits per heavy atom. The Bertz CT molecular complexity index is 2480. The number of hydrogen-bond acceptors (Lipinski definition) is 5. The maximum absolute atomic E-state index is 5.19. The molecule has 0 amide bonds. The summed E-state index contributed by atoms with van der Waals surface area (Å²) in [5.74, 6) is 0.715. The summed E-state index contributed by atoms with van der Waals surface area (Å²) in [7, 11) is 0. The average molecular weight is 624 g/mol. The van der Waals surface area contributed by atoms with E-state index in [2.05, 4.69) is 121 Å². The zero-order valence-electron chi connectivity index (χ0n) is 24.6. The monoisotopic (exact) mass is 623 g/mol. The van der Waals surface area contributed by atoms with Gasteiger partial charge in [0.15, 0.2) is 5.82 Å². The van der Waals surface area contributed by atoms with E-state index in [1.165, 1.54) is 36.0 Å². The lowest BCUT2D eigenvalue weighted by Crippen LogP contribution is -1.96. The van der Waals surface area contributed by atoms with Gasteiger partial charge in [0.05, 0.1) is 21.6 Å². The van der Waals surface area contributed by atoms with Crippen LogP contribution in [0.4, 0.5) is 0 Å². The van der Waals surface area contributed by atoms with Crippen molar-refractivity contribution in [2.24, 2.45) is 0 Å². The molecule has 6 aromatic carbocycles. The van der Waals surface area contributed by atoms with Crippen LogP contribution in [0, 0.1) is 0 Å². The molecule has 216 valence electrons. The van der Waals surface area contributed by atoms with Crippen molar-refractivity contribution in [2.45, 2.75) is 0 Å². The lowest BCUT2D eigenvalue weighted by molar-refractivity contribution is 1.19. The van der Waals surface area contributed by atoms with Gasteiger partial charge in [-0.25, -0.2) is 15.0 Å². The summed E-state index contributed by atoms with van der Waals surface area (Å²) in [5.41, 5.74) is 9.51. The van der Waals surface area contributed by atoms with Crippen molar-refractivity contribution < 1.29 is 0 Å². The first-order valence-corrected chi connectivity index (χ1v) is 16.8. The number of fused-ring (bicyclic) bond motifs is 4. The van der Waals surface area contributed by atoms with Crippen LogP contribution in [0.15, 0.2) is 152 Å². The molecule has 0 unspecified atom stereocenters. The summed E-state index contributed by atoms with van der Waals surface area (Å²) in [5, 5.41) is 3.48. The maximum atomic E-state index is 5.19. The second-order valence-corrected chi connectivity index (χ2v) is 13.4. The first-order chi connectivity index (χ1) is 22.8. The number of aromatic nitrogens is 3. The molecule has 9 rings (SSSR count). The summed E-state index contributed by atoms with van der Waals surface area (Å²) in [6, 6.07) is 53.1. The van der Waals surface area contributed by atoms with E-state index in [4.69, 9.17) is 15.0 Å². The van der Waals surface area contributed by atoms with Crippen LogP contribution in [-0.2, 0) is 0 Å². The molecule has 0 atom stereocenters. The lowest BCUT2D eigenvalue weighted by Gasteiger charge is -2.11. The lowest BCUT2D eigenvalue weighted by atomic mass is 9.99. The Labute approximate surface area is 274 Å². The minimum atomic E-state index is 0.715. The third-order valence-electron chi connectivity index (χ3n) is 8.36. The van der Waals surface area contributed by atoms with E-state index in [9.17, 15) is 0 Å². The standard InChI is InChI=1S/C41H25N3S2/c1-3-10-26(11-4-1)27-18-20-28(21-19-27)34-25-35(43-40(42-34)29-12-5-2-6-13-29)31-14-9-17-38-39(31)32-24-30(22-23-36(32)45-38)41-44-33-15-7-8-16-37(33)46-41/h1-25H. The molecule has 0 radical (unpaired) electrons. The van der Waals surface area contributed by atoms with Gasteiger partial charge < -0.3 is 0 Å². The van der Waals surface area contributed by atoms with Crippen LogP contribution in [0.3, 0.4) is 0 Å². The van der Waals surface area contributed by atoms with E-state index >= 15 is 0 Å². The Balaban J connectivity index is 1.22. The van der Waals surface area contributed by atoms with Crippen LogP contribution >= 0.6 is 22.7 Å². The molecule has 9 aromatic rings. The molecule has 0 aliphatic carbocycles. The summed E-state index contributed by atoms with van der Waals surface area (Å²) in [4.78, 5) is 15.2. The van der Waals surface area contributed by atoms with Crippen LogP contribution in [0.1, 0.15) is 0 Å². The fraction of sp³-hybridized carbons (Fsp3) is 0. The first kappa shape index (κ1) is 26.9. The highest BCUT2D eigenvalue weighted by atomic mass is 32.1. The molecule has 46 heavy (non-hydrogen) atoms. The van der Waals surface area contributed by atoms with Crippen molar-refractivity contribution in [1.82, 2.24) is 15.0 Å². The van der Waals surface area contributed by atoms with Gasteiger partial charge in [0.25, 0.3) is 0 Å². The minimum absolute atomic E-state index is 0.715. The fourth-order valence-corrected chi connectivity index (χ4v) is 8.16. The number of thiophene rings is 1. The van der Waals surface area contributed by atoms with E-state index in [1.807, 2.05) is 41.7 Å². The number of nitrogens with zero attached hydrogens (tertiary/aromatic N) is 3. The van der Waals surface area contributed by atoms with Gasteiger partial charge in [-0.15, -0.1) is 22.7 Å². The molecule has 0 N–H and O–H groups in total. The second-order valence-electron chi connectivity index (χ2n) is 11.2. The third-order valence-corrected chi connectivity index (χ3v) is 10.6. The summed E-state index contributed by atoms with van der Waals surface area (Å²) < 4.78 is 3.69. The summed E-state index contributed by atoms with van der Waals surface area (Å²) >= 11 is 3.56. The predicted molar refractivity (Wildman–Crippen MR) is 195 cm³/mol. The zero-order valence-corrected chi connectivity index (χ0v) is 26.2. The Morgan fingerprint density at radius 3 is 1.85 bits per heavy atom. The van der Waals surface area contributed by atoms with Crippen molar-refractivity contribution in [3.63, 3.8) is 0 Å². The van der Waals surface area contributed by atoms with Gasteiger partial charge in [-0.05, 0) is 47.5 Å². The highest BCUT2D eigenvalue weighted by Gasteiger charge is 2.17. The van der Waals surface area contributed by atoms with E-state index in [0.29, 0.717) is 5.82 Å². The number of benzene rings is 6. The van der Waals surface area contributed by atoms with Gasteiger partial charge in [-0.2, -0.15) is 0 Å². The van der Waals surface area contributed by atoms with Crippen LogP contribution in [0.2, 0.25) is 0 Å². The number of thiazole rings is 1. The van der Waals surface area contributed by atoms with E-state index in [0.717, 1.165) is 44.2 Å². The molecule has 3 heterocycles. The molecule has 3 aromatic heterocycles. The Kier molecular flexibility index (Phi) is 6.51. The van der Waals surface area contributed by atoms with Crippen molar-refractivity contribution in [2.75, 3.05) is 0 Å². The SMILES string of the molecule is c1ccc(-c2ccc(-c3cc(-c4cccc5sc6ccc(-c7nc8ccccc8s7)cc6c45)nc(-c4ccccc4)n3)cc2)cc1. The smallest absolute Gasteiger partial charge is 0.160 e. The third kappa shape index (κ3) is 4.78. The van der Waals surface area contributed by atoms with Gasteiger partial charge >= 0.3 is 0 Å². The largest absolute Gasteiger partial charge is 0.236 e. The topological polar surface area (TPSA) is 38.7 Å². The predicted octanol–water partition coefficient (Wildman–Crippen LogP) is 11.8. The molecule has 0 saturated carbocycles. The van der Waals surface area contributed by atoms with Gasteiger partial charge in [-0.3, -0.25) is 0 Å². The molecular weight excluding hydrogens is 599 g/mol. The van der Waals surface area contributed by atoms with Crippen molar-refractivity contribution in [1.29, 1.82) is 0 Å². The molecule has 3 nitrogen and oxygen atoms in total. The van der Waals surface area contributed by atoms with E-state index in [1.54, 1.807) is 11.3 Å². The Hall–Kier alpha value is -5.49. The van der Waals surface area contributed by atoms with Gasteiger partial charge in [0.1, 0.15) is 5.01 Å². The molecular formula is C41H25N3S2. The van der Waals surface area contributed by atoms with E-state index in [-0.39, 0.29) is 0 Å². The zero-order chi connectivity index (χ0) is 30.5. The molecule has 0 spiro atoms. The number of para-hydroxylation sites is 1. The number of hydrogen-bond donors (Lipinski definition) is 0. The van der Waals surface area contributed by atoms with Crippen molar-refractivity contribution >= 4 is 53.1 Å². The molecule has 5 heteroatoms. The molecule has 0 aliphatic heterocycles. The molecule has 0 fully saturated rings. The summed E-state index contributed by atoms with van der Waals surface area (Å²) in [6.45, 7) is 0. The van der Waals surface area contributed by atoms with E-state index < -0.39 is 0 Å². The highest BCUT2D eigenvalue weighted by Crippen LogP contribution is 2.42. The van der Waals surface area contributed by atoms with Crippen molar-refractivity contribution in [3.8, 4) is 55.6 Å². The highest BCUT2D eigenvalue weighted by molar-refractivity contribution is 7.26. The maximum Gasteiger partial charge on any atom is 0.160 e. The molecule has 0 bridgehead atoms. The van der Waals surface area contributed by atoms with Crippen LogP contribution in [0.25, 0.3) is 86.0 Å². The first-order valence-electron chi connectivity index (χ1n) is 15.2. The Morgan fingerprint density at radius 2 is 1.04 bits per heavy atom. The van der Waals surface area contributed by atoms with Crippen LogP contribution in [0.5, 0.6) is 0 Å². The van der Waals surface area contributed by atoms with Crippen LogP contribution < -0.4 is 0 Å². The average Bonchev–Trinajstić information content (AvgIpc) is 3.74. The van der Waals surface area contributed by atoms with Crippen molar-refractivity contribution in [3.05, 3.63) is 152 Å².